The van der Waals surface area contributed by atoms with Gasteiger partial charge in [0, 0.05) is 32.1 Å². The van der Waals surface area contributed by atoms with Crippen LogP contribution in [-0.4, -0.2) is 30.0 Å². The van der Waals surface area contributed by atoms with Crippen molar-refractivity contribution in [3.05, 3.63) is 68.4 Å². The molecule has 0 spiro atoms. The number of esters is 1. The first-order valence-electron chi connectivity index (χ1n) is 7.88. The maximum Gasteiger partial charge on any atom is 0.328 e. The SMILES string of the molecule is COC(=O)C(Cc1c[nH]c2ccccc12)NC(=O)c1cc(Cl)ccc1I. The summed E-state index contributed by atoms with van der Waals surface area (Å²) < 4.78 is 5.62. The predicted molar refractivity (Wildman–Crippen MR) is 109 cm³/mol. The van der Waals surface area contributed by atoms with Gasteiger partial charge in [-0.2, -0.15) is 0 Å². The highest BCUT2D eigenvalue weighted by Crippen LogP contribution is 2.21. The van der Waals surface area contributed by atoms with E-state index in [2.05, 4.69) is 32.9 Å². The van der Waals surface area contributed by atoms with Gasteiger partial charge in [0.25, 0.3) is 5.91 Å². The van der Waals surface area contributed by atoms with Gasteiger partial charge in [0.15, 0.2) is 0 Å². The number of fused-ring (bicyclic) bond motifs is 1. The van der Waals surface area contributed by atoms with E-state index in [1.54, 1.807) is 18.2 Å². The molecule has 0 aliphatic carbocycles. The van der Waals surface area contributed by atoms with Crippen LogP contribution in [0.5, 0.6) is 0 Å². The number of H-pyrrole nitrogens is 1. The minimum absolute atomic E-state index is 0.319. The van der Waals surface area contributed by atoms with Gasteiger partial charge in [-0.1, -0.05) is 29.8 Å². The van der Waals surface area contributed by atoms with Crippen LogP contribution in [0, 0.1) is 3.57 Å². The van der Waals surface area contributed by atoms with Gasteiger partial charge in [0.2, 0.25) is 0 Å². The normalized spacial score (nSPS) is 12.0. The number of hydrogen-bond acceptors (Lipinski definition) is 3. The molecular weight excluding hydrogens is 467 g/mol. The van der Waals surface area contributed by atoms with Crippen LogP contribution >= 0.6 is 34.2 Å². The molecule has 1 amide bonds. The molecule has 0 aliphatic heterocycles. The molecule has 3 rings (SSSR count). The molecule has 0 radical (unpaired) electrons. The first kappa shape index (κ1) is 18.7. The number of para-hydroxylation sites is 1. The van der Waals surface area contributed by atoms with Gasteiger partial charge in [0.05, 0.1) is 12.7 Å². The number of ether oxygens (including phenoxy) is 1. The number of carbonyl (C=O) groups excluding carboxylic acids is 2. The monoisotopic (exact) mass is 482 g/mol. The lowest BCUT2D eigenvalue weighted by Crippen LogP contribution is -2.43. The van der Waals surface area contributed by atoms with E-state index in [-0.39, 0.29) is 5.91 Å². The lowest BCUT2D eigenvalue weighted by molar-refractivity contribution is -0.142. The van der Waals surface area contributed by atoms with E-state index in [4.69, 9.17) is 16.3 Å². The molecule has 134 valence electrons. The average molecular weight is 483 g/mol. The molecular formula is C19H16ClIN2O3. The van der Waals surface area contributed by atoms with E-state index in [0.29, 0.717) is 17.0 Å². The minimum atomic E-state index is -0.804. The number of rotatable bonds is 5. The Bertz CT molecular complexity index is 970. The molecule has 2 N–H and O–H groups in total. The first-order valence-corrected chi connectivity index (χ1v) is 9.34. The average Bonchev–Trinajstić information content (AvgIpc) is 3.05. The number of amides is 1. The Labute approximate surface area is 169 Å². The fourth-order valence-corrected chi connectivity index (χ4v) is 3.52. The molecule has 1 heterocycles. The molecule has 26 heavy (non-hydrogen) atoms. The van der Waals surface area contributed by atoms with Crippen molar-refractivity contribution in [1.82, 2.24) is 10.3 Å². The number of hydrogen-bond donors (Lipinski definition) is 2. The van der Waals surface area contributed by atoms with Crippen LogP contribution in [0.2, 0.25) is 5.02 Å². The molecule has 0 bridgehead atoms. The van der Waals surface area contributed by atoms with Crippen LogP contribution in [0.1, 0.15) is 15.9 Å². The van der Waals surface area contributed by atoms with Crippen LogP contribution in [0.25, 0.3) is 10.9 Å². The lowest BCUT2D eigenvalue weighted by atomic mass is 10.0. The van der Waals surface area contributed by atoms with Crippen LogP contribution in [0.3, 0.4) is 0 Å². The number of nitrogens with one attached hydrogen (secondary N) is 2. The molecule has 1 aromatic heterocycles. The fraction of sp³-hybridized carbons (Fsp3) is 0.158. The van der Waals surface area contributed by atoms with E-state index in [1.165, 1.54) is 7.11 Å². The summed E-state index contributed by atoms with van der Waals surface area (Å²) in [6, 6.07) is 12.0. The summed E-state index contributed by atoms with van der Waals surface area (Å²) in [5, 5.41) is 4.23. The van der Waals surface area contributed by atoms with E-state index < -0.39 is 12.0 Å². The highest BCUT2D eigenvalue weighted by Gasteiger charge is 2.24. The molecule has 1 atom stereocenters. The van der Waals surface area contributed by atoms with E-state index in [1.807, 2.05) is 30.5 Å². The number of halogens is 2. The van der Waals surface area contributed by atoms with Crippen molar-refractivity contribution in [2.75, 3.05) is 7.11 Å². The zero-order chi connectivity index (χ0) is 18.7. The van der Waals surface area contributed by atoms with E-state index in [0.717, 1.165) is 20.0 Å². The smallest absolute Gasteiger partial charge is 0.328 e. The number of aromatic nitrogens is 1. The largest absolute Gasteiger partial charge is 0.467 e. The first-order chi connectivity index (χ1) is 12.5. The summed E-state index contributed by atoms with van der Waals surface area (Å²) in [6.07, 6.45) is 2.16. The van der Waals surface area contributed by atoms with Gasteiger partial charge in [-0.05, 0) is 52.4 Å². The van der Waals surface area contributed by atoms with Crippen molar-refractivity contribution in [3.63, 3.8) is 0 Å². The molecule has 0 saturated carbocycles. The zero-order valence-electron chi connectivity index (χ0n) is 13.9. The Morgan fingerprint density at radius 2 is 2.04 bits per heavy atom. The summed E-state index contributed by atoms with van der Waals surface area (Å²) in [6.45, 7) is 0. The second-order valence-corrected chi connectivity index (χ2v) is 7.34. The number of aromatic amines is 1. The van der Waals surface area contributed by atoms with Crippen LogP contribution in [-0.2, 0) is 16.0 Å². The number of benzene rings is 2. The molecule has 0 aliphatic rings. The van der Waals surface area contributed by atoms with Crippen molar-refractivity contribution in [2.24, 2.45) is 0 Å². The topological polar surface area (TPSA) is 71.2 Å². The fourth-order valence-electron chi connectivity index (χ4n) is 2.76. The van der Waals surface area contributed by atoms with Gasteiger partial charge in [0.1, 0.15) is 6.04 Å². The quantitative estimate of drug-likeness (QED) is 0.427. The van der Waals surface area contributed by atoms with E-state index in [9.17, 15) is 9.59 Å². The highest BCUT2D eigenvalue weighted by molar-refractivity contribution is 14.1. The summed E-state index contributed by atoms with van der Waals surface area (Å²) in [7, 11) is 1.31. The second-order valence-electron chi connectivity index (χ2n) is 5.74. The molecule has 3 aromatic rings. The standard InChI is InChI=1S/C19H16ClIN2O3/c1-26-19(25)17(8-11-10-22-16-5-3-2-4-13(11)16)23-18(24)14-9-12(20)6-7-15(14)21/h2-7,9-10,17,22H,8H2,1H3,(H,23,24). The highest BCUT2D eigenvalue weighted by atomic mass is 127. The van der Waals surface area contributed by atoms with Gasteiger partial charge < -0.3 is 15.0 Å². The van der Waals surface area contributed by atoms with Gasteiger partial charge >= 0.3 is 5.97 Å². The summed E-state index contributed by atoms with van der Waals surface area (Å²) in [5.41, 5.74) is 2.32. The Hall–Kier alpha value is -2.06. The summed E-state index contributed by atoms with van der Waals surface area (Å²) >= 11 is 8.05. The lowest BCUT2D eigenvalue weighted by Gasteiger charge is -2.17. The van der Waals surface area contributed by atoms with Crippen molar-refractivity contribution < 1.29 is 14.3 Å². The molecule has 5 nitrogen and oxygen atoms in total. The van der Waals surface area contributed by atoms with Gasteiger partial charge in [-0.15, -0.1) is 0 Å². The van der Waals surface area contributed by atoms with E-state index >= 15 is 0 Å². The Morgan fingerprint density at radius 3 is 2.81 bits per heavy atom. The molecule has 1 unspecified atom stereocenters. The third-order valence-corrected chi connectivity index (χ3v) is 5.24. The van der Waals surface area contributed by atoms with Crippen LogP contribution < -0.4 is 5.32 Å². The van der Waals surface area contributed by atoms with Crippen molar-refractivity contribution in [1.29, 1.82) is 0 Å². The molecule has 7 heteroatoms. The predicted octanol–water partition coefficient (Wildman–Crippen LogP) is 3.94. The summed E-state index contributed by atoms with van der Waals surface area (Å²) in [5.74, 6) is -0.868. The summed E-state index contributed by atoms with van der Waals surface area (Å²) in [4.78, 5) is 28.0. The molecule has 0 saturated heterocycles. The van der Waals surface area contributed by atoms with Gasteiger partial charge in [-0.25, -0.2) is 4.79 Å². The maximum absolute atomic E-state index is 12.7. The third kappa shape index (κ3) is 4.02. The molecule has 0 fully saturated rings. The molecule has 2 aromatic carbocycles. The Kier molecular flexibility index (Phi) is 5.83. The Balaban J connectivity index is 1.85. The minimum Gasteiger partial charge on any atom is -0.467 e. The maximum atomic E-state index is 12.7. The van der Waals surface area contributed by atoms with Crippen LogP contribution in [0.4, 0.5) is 0 Å². The number of methoxy groups -OCH3 is 1. The van der Waals surface area contributed by atoms with Crippen molar-refractivity contribution >= 4 is 57.0 Å². The second kappa shape index (κ2) is 8.09. The van der Waals surface area contributed by atoms with Crippen LogP contribution in [0.15, 0.2) is 48.7 Å². The van der Waals surface area contributed by atoms with Crippen molar-refractivity contribution in [3.8, 4) is 0 Å². The van der Waals surface area contributed by atoms with Crippen molar-refractivity contribution in [2.45, 2.75) is 12.5 Å². The third-order valence-electron chi connectivity index (χ3n) is 4.06. The number of carbonyl (C=O) groups is 2. The zero-order valence-corrected chi connectivity index (χ0v) is 16.8. The Morgan fingerprint density at radius 1 is 1.27 bits per heavy atom. The van der Waals surface area contributed by atoms with Gasteiger partial charge in [-0.3, -0.25) is 4.79 Å².